The highest BCUT2D eigenvalue weighted by molar-refractivity contribution is 14.0. The lowest BCUT2D eigenvalue weighted by molar-refractivity contribution is 0.0914. The van der Waals surface area contributed by atoms with Gasteiger partial charge < -0.3 is 24.4 Å². The SMILES string of the molecule is CCOC(=O)N1CCN(C(=NC)NCc2ccc(-n3ccnc3)c(F)c2)CC1.I. The predicted octanol–water partition coefficient (Wildman–Crippen LogP) is 2.48. The fraction of sp³-hybridized carbons (Fsp3) is 0.421. The summed E-state index contributed by atoms with van der Waals surface area (Å²) in [5.41, 5.74) is 1.27. The molecule has 3 rings (SSSR count). The highest BCUT2D eigenvalue weighted by Crippen LogP contribution is 2.15. The Morgan fingerprint density at radius 1 is 1.28 bits per heavy atom. The zero-order valence-electron chi connectivity index (χ0n) is 16.5. The number of ether oxygens (including phenoxy) is 1. The summed E-state index contributed by atoms with van der Waals surface area (Å²) in [6.45, 7) is 5.09. The van der Waals surface area contributed by atoms with E-state index in [-0.39, 0.29) is 35.9 Å². The molecule has 0 atom stereocenters. The van der Waals surface area contributed by atoms with Gasteiger partial charge in [0.2, 0.25) is 0 Å². The first-order chi connectivity index (χ1) is 13.6. The zero-order valence-corrected chi connectivity index (χ0v) is 18.9. The number of halogens is 2. The molecule has 0 saturated carbocycles. The van der Waals surface area contributed by atoms with E-state index in [9.17, 15) is 9.18 Å². The van der Waals surface area contributed by atoms with Crippen molar-refractivity contribution in [2.24, 2.45) is 4.99 Å². The number of imidazole rings is 1. The van der Waals surface area contributed by atoms with Gasteiger partial charge in [-0.15, -0.1) is 24.0 Å². The summed E-state index contributed by atoms with van der Waals surface area (Å²) >= 11 is 0. The normalized spacial score (nSPS) is 14.4. The minimum Gasteiger partial charge on any atom is -0.450 e. The number of aromatic nitrogens is 2. The Morgan fingerprint density at radius 3 is 2.59 bits per heavy atom. The van der Waals surface area contributed by atoms with E-state index in [1.165, 1.54) is 6.07 Å². The molecule has 1 N–H and O–H groups in total. The number of rotatable bonds is 4. The molecular formula is C19H26FIN6O2. The van der Waals surface area contributed by atoms with E-state index in [1.807, 2.05) is 6.07 Å². The Hall–Kier alpha value is -2.37. The van der Waals surface area contributed by atoms with E-state index in [0.717, 1.165) is 11.5 Å². The highest BCUT2D eigenvalue weighted by Gasteiger charge is 2.23. The monoisotopic (exact) mass is 516 g/mol. The van der Waals surface area contributed by atoms with Crippen molar-refractivity contribution in [3.05, 3.63) is 48.3 Å². The number of carbonyl (C=O) groups is 1. The Kier molecular flexibility index (Phi) is 8.68. The van der Waals surface area contributed by atoms with E-state index in [4.69, 9.17) is 4.74 Å². The van der Waals surface area contributed by atoms with Gasteiger partial charge >= 0.3 is 6.09 Å². The Balaban J connectivity index is 0.00000300. The van der Waals surface area contributed by atoms with Gasteiger partial charge in [-0.1, -0.05) is 6.07 Å². The van der Waals surface area contributed by atoms with Crippen molar-refractivity contribution in [1.82, 2.24) is 24.7 Å². The molecule has 0 radical (unpaired) electrons. The van der Waals surface area contributed by atoms with Crippen LogP contribution in [0.15, 0.2) is 41.9 Å². The second-order valence-electron chi connectivity index (χ2n) is 6.33. The lowest BCUT2D eigenvalue weighted by Gasteiger charge is -2.35. The molecule has 0 spiro atoms. The van der Waals surface area contributed by atoms with Gasteiger partial charge in [0, 0.05) is 52.2 Å². The lowest BCUT2D eigenvalue weighted by atomic mass is 10.2. The number of benzene rings is 1. The van der Waals surface area contributed by atoms with Crippen molar-refractivity contribution in [1.29, 1.82) is 0 Å². The topological polar surface area (TPSA) is 75.0 Å². The maximum Gasteiger partial charge on any atom is 0.409 e. The third-order valence-corrected chi connectivity index (χ3v) is 4.56. The quantitative estimate of drug-likeness (QED) is 0.384. The number of nitrogens with one attached hydrogen (secondary N) is 1. The van der Waals surface area contributed by atoms with Crippen LogP contribution < -0.4 is 5.32 Å². The first-order valence-corrected chi connectivity index (χ1v) is 9.26. The fourth-order valence-corrected chi connectivity index (χ4v) is 3.10. The van der Waals surface area contributed by atoms with E-state index >= 15 is 0 Å². The number of piperazine rings is 1. The van der Waals surface area contributed by atoms with Crippen LogP contribution in [-0.2, 0) is 11.3 Å². The molecule has 1 saturated heterocycles. The second kappa shape index (κ2) is 11.0. The Morgan fingerprint density at radius 2 is 2.00 bits per heavy atom. The van der Waals surface area contributed by atoms with Crippen LogP contribution >= 0.6 is 24.0 Å². The van der Waals surface area contributed by atoms with E-state index in [1.54, 1.807) is 48.2 Å². The maximum absolute atomic E-state index is 14.4. The molecule has 1 aliphatic rings. The van der Waals surface area contributed by atoms with E-state index in [0.29, 0.717) is 45.0 Å². The number of carbonyl (C=O) groups excluding carboxylic acids is 1. The van der Waals surface area contributed by atoms with Gasteiger partial charge in [-0.05, 0) is 24.6 Å². The van der Waals surface area contributed by atoms with Gasteiger partial charge in [0.15, 0.2) is 5.96 Å². The molecule has 158 valence electrons. The number of aliphatic imine (C=N–C) groups is 1. The fourth-order valence-electron chi connectivity index (χ4n) is 3.10. The average molecular weight is 516 g/mol. The number of nitrogens with zero attached hydrogens (tertiary/aromatic N) is 5. The number of hydrogen-bond acceptors (Lipinski definition) is 4. The van der Waals surface area contributed by atoms with Crippen molar-refractivity contribution in [2.75, 3.05) is 39.8 Å². The maximum atomic E-state index is 14.4. The molecule has 29 heavy (non-hydrogen) atoms. The molecule has 1 fully saturated rings. The summed E-state index contributed by atoms with van der Waals surface area (Å²) in [6.07, 6.45) is 4.60. The summed E-state index contributed by atoms with van der Waals surface area (Å²) < 4.78 is 21.1. The summed E-state index contributed by atoms with van der Waals surface area (Å²) in [5.74, 6) is 0.415. The molecular weight excluding hydrogens is 490 g/mol. The lowest BCUT2D eigenvalue weighted by Crippen LogP contribution is -2.53. The summed E-state index contributed by atoms with van der Waals surface area (Å²) in [7, 11) is 1.71. The summed E-state index contributed by atoms with van der Waals surface area (Å²) in [6, 6.07) is 5.11. The van der Waals surface area contributed by atoms with Crippen molar-refractivity contribution in [2.45, 2.75) is 13.5 Å². The van der Waals surface area contributed by atoms with Crippen LogP contribution in [0.2, 0.25) is 0 Å². The highest BCUT2D eigenvalue weighted by atomic mass is 127. The van der Waals surface area contributed by atoms with Gasteiger partial charge in [0.05, 0.1) is 18.6 Å². The summed E-state index contributed by atoms with van der Waals surface area (Å²) in [4.78, 5) is 23.8. The van der Waals surface area contributed by atoms with Crippen LogP contribution in [0.5, 0.6) is 0 Å². The molecule has 1 aromatic heterocycles. The third-order valence-electron chi connectivity index (χ3n) is 4.56. The number of hydrogen-bond donors (Lipinski definition) is 1. The summed E-state index contributed by atoms with van der Waals surface area (Å²) in [5, 5.41) is 3.26. The van der Waals surface area contributed by atoms with E-state index in [2.05, 4.69) is 20.2 Å². The largest absolute Gasteiger partial charge is 0.450 e. The molecule has 1 amide bonds. The first kappa shape index (κ1) is 22.9. The van der Waals surface area contributed by atoms with Crippen LogP contribution in [0.3, 0.4) is 0 Å². The third kappa shape index (κ3) is 5.81. The van der Waals surface area contributed by atoms with Gasteiger partial charge in [-0.2, -0.15) is 0 Å². The average Bonchev–Trinajstić information content (AvgIpc) is 3.24. The van der Waals surface area contributed by atoms with Crippen molar-refractivity contribution in [3.63, 3.8) is 0 Å². The predicted molar refractivity (Wildman–Crippen MR) is 119 cm³/mol. The van der Waals surface area contributed by atoms with Gasteiger partial charge in [0.25, 0.3) is 0 Å². The van der Waals surface area contributed by atoms with Crippen molar-refractivity contribution in [3.8, 4) is 5.69 Å². The minimum atomic E-state index is -0.310. The molecule has 2 heterocycles. The van der Waals surface area contributed by atoms with Crippen LogP contribution in [0.25, 0.3) is 5.69 Å². The molecule has 0 aliphatic carbocycles. The van der Waals surface area contributed by atoms with Crippen molar-refractivity contribution < 1.29 is 13.9 Å². The molecule has 10 heteroatoms. The van der Waals surface area contributed by atoms with Gasteiger partial charge in [-0.25, -0.2) is 14.2 Å². The number of amides is 1. The Bertz CT molecular complexity index is 822. The number of guanidine groups is 1. The minimum absolute atomic E-state index is 0. The first-order valence-electron chi connectivity index (χ1n) is 9.26. The molecule has 0 bridgehead atoms. The molecule has 8 nitrogen and oxygen atoms in total. The molecule has 2 aromatic rings. The Labute approximate surface area is 186 Å². The zero-order chi connectivity index (χ0) is 19.9. The van der Waals surface area contributed by atoms with Crippen LogP contribution in [-0.4, -0.2) is 71.2 Å². The van der Waals surface area contributed by atoms with Crippen LogP contribution in [0, 0.1) is 5.82 Å². The smallest absolute Gasteiger partial charge is 0.409 e. The van der Waals surface area contributed by atoms with E-state index < -0.39 is 0 Å². The van der Waals surface area contributed by atoms with Crippen LogP contribution in [0.1, 0.15) is 12.5 Å². The standard InChI is InChI=1S/C19H25FN6O2.HI/c1-3-28-19(27)25-10-8-24(9-11-25)18(21-2)23-13-15-4-5-17(16(20)12-15)26-7-6-22-14-26;/h4-7,12,14H,3,8-11,13H2,1-2H3,(H,21,23);1H. The molecule has 1 aromatic carbocycles. The molecule has 0 unspecified atom stereocenters. The second-order valence-corrected chi connectivity index (χ2v) is 6.33. The van der Waals surface area contributed by atoms with Crippen LogP contribution in [0.4, 0.5) is 9.18 Å². The van der Waals surface area contributed by atoms with Gasteiger partial charge in [0.1, 0.15) is 5.82 Å². The molecule has 1 aliphatic heterocycles. The van der Waals surface area contributed by atoms with Crippen molar-refractivity contribution >= 4 is 36.0 Å². The van der Waals surface area contributed by atoms with Gasteiger partial charge in [-0.3, -0.25) is 4.99 Å².